The molecule has 0 saturated carbocycles. The molecule has 1 aliphatic rings. The zero-order valence-corrected chi connectivity index (χ0v) is 23.0. The predicted octanol–water partition coefficient (Wildman–Crippen LogP) is 6.99. The van der Waals surface area contributed by atoms with Gasteiger partial charge in [-0.05, 0) is 62.7 Å². The number of anilines is 1. The largest absolute Gasteiger partial charge is 0.497 e. The van der Waals surface area contributed by atoms with Crippen molar-refractivity contribution in [1.29, 1.82) is 0 Å². The molecule has 1 unspecified atom stereocenters. The molecule has 3 aromatic rings. The van der Waals surface area contributed by atoms with E-state index in [0.717, 1.165) is 52.4 Å². The lowest BCUT2D eigenvalue weighted by atomic mass is 10.1. The molecule has 0 N–H and O–H groups in total. The van der Waals surface area contributed by atoms with Gasteiger partial charge in [0, 0.05) is 34.1 Å². The second kappa shape index (κ2) is 11.5. The summed E-state index contributed by atoms with van der Waals surface area (Å²) in [6.45, 7) is 7.03. The van der Waals surface area contributed by atoms with Crippen molar-refractivity contribution in [3.8, 4) is 5.75 Å². The average molecular weight is 537 g/mol. The molecule has 0 bridgehead atoms. The lowest BCUT2D eigenvalue weighted by Gasteiger charge is -2.37. The van der Waals surface area contributed by atoms with Crippen LogP contribution in [0.3, 0.4) is 0 Å². The third kappa shape index (κ3) is 5.22. The molecule has 4 rings (SSSR count). The number of nitrogens with zero attached hydrogens (tertiary/aromatic N) is 3. The fraction of sp³-hybridized carbons (Fsp3) is 0.346. The molecule has 2 heterocycles. The van der Waals surface area contributed by atoms with E-state index in [4.69, 9.17) is 21.1 Å². The smallest absolute Gasteiger partial charge is 0.328 e. The van der Waals surface area contributed by atoms with Gasteiger partial charge in [0.2, 0.25) is 0 Å². The normalized spacial score (nSPS) is 14.2. The number of allylic oxidation sites excluding steroid dienone is 1. The SMILES string of the molecule is CCCN(c1ccc2c(ccn2C(C)C(=O)OC)c1)N1CSC(C)=C1c1ccc(OC)cc1Cl.Cl. The Kier molecular flexibility index (Phi) is 8.91. The summed E-state index contributed by atoms with van der Waals surface area (Å²) in [6.07, 6.45) is 2.93. The third-order valence-electron chi connectivity index (χ3n) is 6.11. The van der Waals surface area contributed by atoms with Crippen molar-refractivity contribution in [2.75, 3.05) is 31.7 Å². The van der Waals surface area contributed by atoms with Crippen LogP contribution in [0.5, 0.6) is 5.75 Å². The first-order chi connectivity index (χ1) is 16.4. The Morgan fingerprint density at radius 1 is 1.20 bits per heavy atom. The summed E-state index contributed by atoms with van der Waals surface area (Å²) in [5.74, 6) is 1.29. The van der Waals surface area contributed by atoms with Gasteiger partial charge in [-0.2, -0.15) is 0 Å². The molecule has 6 nitrogen and oxygen atoms in total. The van der Waals surface area contributed by atoms with Crippen LogP contribution in [0.25, 0.3) is 16.6 Å². The zero-order chi connectivity index (χ0) is 24.4. The lowest BCUT2D eigenvalue weighted by molar-refractivity contribution is -0.143. The molecule has 2 aromatic carbocycles. The van der Waals surface area contributed by atoms with Crippen LogP contribution in [0.1, 0.15) is 38.8 Å². The molecular formula is C26H31Cl2N3O3S. The van der Waals surface area contributed by atoms with E-state index in [2.05, 4.69) is 42.1 Å². The Hall–Kier alpha value is -2.48. The van der Waals surface area contributed by atoms with Gasteiger partial charge in [-0.15, -0.1) is 24.2 Å². The van der Waals surface area contributed by atoms with Crippen molar-refractivity contribution < 1.29 is 14.3 Å². The molecule has 35 heavy (non-hydrogen) atoms. The Balaban J connectivity index is 0.00000342. The fourth-order valence-electron chi connectivity index (χ4n) is 4.34. The van der Waals surface area contributed by atoms with Crippen molar-refractivity contribution in [3.63, 3.8) is 0 Å². The van der Waals surface area contributed by atoms with Crippen molar-refractivity contribution in [1.82, 2.24) is 9.58 Å². The van der Waals surface area contributed by atoms with E-state index in [1.54, 1.807) is 7.11 Å². The fourth-order valence-corrected chi connectivity index (χ4v) is 5.54. The third-order valence-corrected chi connectivity index (χ3v) is 7.43. The highest BCUT2D eigenvalue weighted by Gasteiger charge is 2.29. The molecule has 0 fully saturated rings. The van der Waals surface area contributed by atoms with E-state index in [1.165, 1.54) is 12.0 Å². The second-order valence-electron chi connectivity index (χ2n) is 8.21. The van der Waals surface area contributed by atoms with Gasteiger partial charge in [0.25, 0.3) is 0 Å². The van der Waals surface area contributed by atoms with E-state index in [0.29, 0.717) is 5.02 Å². The number of carbonyl (C=O) groups excluding carboxylic acids is 1. The van der Waals surface area contributed by atoms with Crippen LogP contribution in [0.15, 0.2) is 53.6 Å². The average Bonchev–Trinajstić information content (AvgIpc) is 3.44. The van der Waals surface area contributed by atoms with Crippen LogP contribution in [-0.2, 0) is 9.53 Å². The lowest BCUT2D eigenvalue weighted by Crippen LogP contribution is -2.40. The number of thioether (sulfide) groups is 1. The number of halogens is 2. The molecular weight excluding hydrogens is 505 g/mol. The van der Waals surface area contributed by atoms with E-state index in [-0.39, 0.29) is 24.4 Å². The van der Waals surface area contributed by atoms with Gasteiger partial charge in [0.15, 0.2) is 0 Å². The second-order valence-corrected chi connectivity index (χ2v) is 9.78. The molecule has 0 aliphatic carbocycles. The highest BCUT2D eigenvalue weighted by Crippen LogP contribution is 2.43. The predicted molar refractivity (Wildman–Crippen MR) is 148 cm³/mol. The highest BCUT2D eigenvalue weighted by atomic mass is 35.5. The summed E-state index contributed by atoms with van der Waals surface area (Å²) < 4.78 is 12.2. The van der Waals surface area contributed by atoms with Crippen molar-refractivity contribution in [2.45, 2.75) is 33.2 Å². The molecule has 0 radical (unpaired) electrons. The first-order valence-corrected chi connectivity index (χ1v) is 12.7. The van der Waals surface area contributed by atoms with Crippen molar-refractivity contribution in [3.05, 3.63) is 64.2 Å². The maximum Gasteiger partial charge on any atom is 0.328 e. The number of rotatable bonds is 8. The summed E-state index contributed by atoms with van der Waals surface area (Å²) in [4.78, 5) is 13.3. The van der Waals surface area contributed by atoms with Crippen LogP contribution >= 0.6 is 35.8 Å². The molecule has 0 saturated heterocycles. The standard InChI is InChI=1S/C26H30ClN3O3S.ClH/c1-6-12-29(20-7-10-24-19(14-20)11-13-28(24)17(2)26(31)33-5)30-16-34-18(3)25(30)22-9-8-21(32-4)15-23(22)27;/h7-11,13-15,17H,6,12,16H2,1-5H3;1H. The first kappa shape index (κ1) is 27.1. The number of benzene rings is 2. The van der Waals surface area contributed by atoms with Gasteiger partial charge < -0.3 is 14.0 Å². The topological polar surface area (TPSA) is 46.9 Å². The first-order valence-electron chi connectivity index (χ1n) is 11.3. The summed E-state index contributed by atoms with van der Waals surface area (Å²) in [6, 6.07) is 13.9. The summed E-state index contributed by atoms with van der Waals surface area (Å²) in [5.41, 5.74) is 4.20. The Morgan fingerprint density at radius 3 is 2.63 bits per heavy atom. The van der Waals surface area contributed by atoms with Crippen LogP contribution in [0.4, 0.5) is 5.69 Å². The number of ether oxygens (including phenoxy) is 2. The Bertz CT molecular complexity index is 1240. The van der Waals surface area contributed by atoms with Gasteiger partial charge in [-0.1, -0.05) is 18.5 Å². The molecule has 9 heteroatoms. The molecule has 188 valence electrons. The Labute approximate surface area is 222 Å². The molecule has 1 aliphatic heterocycles. The number of fused-ring (bicyclic) bond motifs is 1. The van der Waals surface area contributed by atoms with E-state index in [9.17, 15) is 4.79 Å². The quantitative estimate of drug-likeness (QED) is 0.290. The van der Waals surface area contributed by atoms with Crippen LogP contribution in [0.2, 0.25) is 5.02 Å². The summed E-state index contributed by atoms with van der Waals surface area (Å²) >= 11 is 8.50. The number of esters is 1. The highest BCUT2D eigenvalue weighted by molar-refractivity contribution is 8.03. The van der Waals surface area contributed by atoms with Crippen molar-refractivity contribution in [2.24, 2.45) is 0 Å². The van der Waals surface area contributed by atoms with Gasteiger partial charge in [0.1, 0.15) is 11.8 Å². The number of carbonyl (C=O) groups is 1. The minimum Gasteiger partial charge on any atom is -0.497 e. The Morgan fingerprint density at radius 2 is 1.97 bits per heavy atom. The minimum absolute atomic E-state index is 0. The number of hydrogen-bond acceptors (Lipinski definition) is 6. The molecule has 0 amide bonds. The van der Waals surface area contributed by atoms with E-state index < -0.39 is 0 Å². The minimum atomic E-state index is -0.385. The number of hydrazine groups is 1. The monoisotopic (exact) mass is 535 g/mol. The summed E-state index contributed by atoms with van der Waals surface area (Å²) in [7, 11) is 3.06. The number of aromatic nitrogens is 1. The van der Waals surface area contributed by atoms with Gasteiger partial charge in [-0.25, -0.2) is 4.79 Å². The van der Waals surface area contributed by atoms with E-state index in [1.807, 2.05) is 53.7 Å². The number of hydrogen-bond donors (Lipinski definition) is 0. The zero-order valence-electron chi connectivity index (χ0n) is 20.6. The number of methoxy groups -OCH3 is 2. The molecule has 1 aromatic heterocycles. The van der Waals surface area contributed by atoms with Crippen molar-refractivity contribution >= 4 is 64.0 Å². The molecule has 0 spiro atoms. The maximum atomic E-state index is 12.1. The van der Waals surface area contributed by atoms with Gasteiger partial charge in [-0.3, -0.25) is 10.0 Å². The summed E-state index contributed by atoms with van der Waals surface area (Å²) in [5, 5.41) is 6.37. The van der Waals surface area contributed by atoms with Crippen LogP contribution in [-0.4, -0.2) is 42.2 Å². The van der Waals surface area contributed by atoms with Crippen LogP contribution < -0.4 is 9.75 Å². The van der Waals surface area contributed by atoms with E-state index >= 15 is 0 Å². The molecule has 1 atom stereocenters. The van der Waals surface area contributed by atoms with Crippen LogP contribution in [0, 0.1) is 0 Å². The van der Waals surface area contributed by atoms with Gasteiger partial charge >= 0.3 is 5.97 Å². The van der Waals surface area contributed by atoms with Gasteiger partial charge in [0.05, 0.1) is 36.5 Å². The maximum absolute atomic E-state index is 12.1.